The SMILES string of the molecule is CCOc1ccc(NCc2ccc(I)cc2)cc1CCl. The maximum Gasteiger partial charge on any atom is 0.123 e. The van der Waals surface area contributed by atoms with E-state index in [-0.39, 0.29) is 0 Å². The van der Waals surface area contributed by atoms with E-state index in [1.165, 1.54) is 9.13 Å². The number of hydrogen-bond donors (Lipinski definition) is 1. The van der Waals surface area contributed by atoms with Gasteiger partial charge in [0.1, 0.15) is 5.75 Å². The van der Waals surface area contributed by atoms with Crippen molar-refractivity contribution in [3.63, 3.8) is 0 Å². The number of benzene rings is 2. The smallest absolute Gasteiger partial charge is 0.123 e. The fraction of sp³-hybridized carbons (Fsp3) is 0.250. The van der Waals surface area contributed by atoms with Crippen molar-refractivity contribution in [2.24, 2.45) is 0 Å². The van der Waals surface area contributed by atoms with Gasteiger partial charge in [0.15, 0.2) is 0 Å². The zero-order valence-electron chi connectivity index (χ0n) is 11.3. The number of ether oxygens (including phenoxy) is 1. The van der Waals surface area contributed by atoms with Crippen LogP contribution in [0.5, 0.6) is 5.75 Å². The van der Waals surface area contributed by atoms with Crippen molar-refractivity contribution in [1.82, 2.24) is 0 Å². The molecule has 0 aliphatic heterocycles. The quantitative estimate of drug-likeness (QED) is 0.541. The minimum atomic E-state index is 0.453. The van der Waals surface area contributed by atoms with Gasteiger partial charge in [-0.1, -0.05) is 12.1 Å². The Bertz CT molecular complexity index is 557. The third-order valence-electron chi connectivity index (χ3n) is 2.91. The Kier molecular flexibility index (Phi) is 5.98. The van der Waals surface area contributed by atoms with E-state index in [1.807, 2.05) is 25.1 Å². The summed E-state index contributed by atoms with van der Waals surface area (Å²) in [7, 11) is 0. The van der Waals surface area contributed by atoms with Crippen molar-refractivity contribution in [1.29, 1.82) is 0 Å². The summed E-state index contributed by atoms with van der Waals surface area (Å²) in [6, 6.07) is 14.5. The zero-order chi connectivity index (χ0) is 14.4. The summed E-state index contributed by atoms with van der Waals surface area (Å²) < 4.78 is 6.79. The molecular formula is C16H17ClINO. The van der Waals surface area contributed by atoms with E-state index in [9.17, 15) is 0 Å². The molecule has 0 saturated carbocycles. The minimum Gasteiger partial charge on any atom is -0.494 e. The van der Waals surface area contributed by atoms with E-state index < -0.39 is 0 Å². The van der Waals surface area contributed by atoms with Crippen LogP contribution in [0.1, 0.15) is 18.1 Å². The highest BCUT2D eigenvalue weighted by Crippen LogP contribution is 2.25. The minimum absolute atomic E-state index is 0.453. The Morgan fingerprint density at radius 2 is 1.90 bits per heavy atom. The van der Waals surface area contributed by atoms with Gasteiger partial charge < -0.3 is 10.1 Å². The van der Waals surface area contributed by atoms with E-state index in [2.05, 4.69) is 52.2 Å². The molecule has 4 heteroatoms. The summed E-state index contributed by atoms with van der Waals surface area (Å²) >= 11 is 8.27. The molecule has 0 atom stereocenters. The zero-order valence-corrected chi connectivity index (χ0v) is 14.2. The van der Waals surface area contributed by atoms with Gasteiger partial charge >= 0.3 is 0 Å². The van der Waals surface area contributed by atoms with E-state index >= 15 is 0 Å². The van der Waals surface area contributed by atoms with Crippen LogP contribution in [0, 0.1) is 3.57 Å². The Morgan fingerprint density at radius 3 is 2.55 bits per heavy atom. The first-order valence-corrected chi connectivity index (χ1v) is 8.14. The average molecular weight is 402 g/mol. The second-order valence-electron chi connectivity index (χ2n) is 4.37. The molecule has 2 aromatic carbocycles. The maximum atomic E-state index is 5.97. The maximum absolute atomic E-state index is 5.97. The Balaban J connectivity index is 2.04. The molecule has 0 radical (unpaired) electrons. The predicted octanol–water partition coefficient (Wildman–Crippen LogP) is 5.04. The standard InChI is InChI=1S/C16H17ClINO/c1-2-20-16-8-7-15(9-13(16)10-17)19-11-12-3-5-14(18)6-4-12/h3-9,19H,2,10-11H2,1H3. The van der Waals surface area contributed by atoms with Crippen LogP contribution >= 0.6 is 34.2 Å². The van der Waals surface area contributed by atoms with Crippen molar-refractivity contribution in [3.05, 3.63) is 57.2 Å². The molecule has 0 aliphatic rings. The Hall–Kier alpha value is -0.940. The lowest BCUT2D eigenvalue weighted by Crippen LogP contribution is -2.01. The van der Waals surface area contributed by atoms with Crippen LogP contribution < -0.4 is 10.1 Å². The van der Waals surface area contributed by atoms with Gasteiger partial charge in [0, 0.05) is 21.4 Å². The number of nitrogens with one attached hydrogen (secondary N) is 1. The first-order chi connectivity index (χ1) is 9.72. The van der Waals surface area contributed by atoms with Gasteiger partial charge in [0.05, 0.1) is 12.5 Å². The molecule has 2 aromatic rings. The van der Waals surface area contributed by atoms with Crippen molar-refractivity contribution in [3.8, 4) is 5.75 Å². The topological polar surface area (TPSA) is 21.3 Å². The van der Waals surface area contributed by atoms with Gasteiger partial charge in [-0.15, -0.1) is 11.6 Å². The monoisotopic (exact) mass is 401 g/mol. The molecule has 2 nitrogen and oxygen atoms in total. The third-order valence-corrected chi connectivity index (χ3v) is 3.92. The summed E-state index contributed by atoms with van der Waals surface area (Å²) in [5, 5.41) is 3.41. The molecule has 0 aliphatic carbocycles. The summed E-state index contributed by atoms with van der Waals surface area (Å²) in [4.78, 5) is 0. The van der Waals surface area contributed by atoms with E-state index in [1.54, 1.807) is 0 Å². The second-order valence-corrected chi connectivity index (χ2v) is 5.88. The summed E-state index contributed by atoms with van der Waals surface area (Å²) in [5.74, 6) is 1.32. The van der Waals surface area contributed by atoms with E-state index in [0.29, 0.717) is 12.5 Å². The first-order valence-electron chi connectivity index (χ1n) is 6.53. The van der Waals surface area contributed by atoms with Crippen LogP contribution in [0.25, 0.3) is 0 Å². The Labute approximate surface area is 138 Å². The van der Waals surface area contributed by atoms with E-state index in [4.69, 9.17) is 16.3 Å². The largest absolute Gasteiger partial charge is 0.494 e. The van der Waals surface area contributed by atoms with Gasteiger partial charge in [0.25, 0.3) is 0 Å². The highest BCUT2D eigenvalue weighted by Gasteiger charge is 2.04. The Morgan fingerprint density at radius 1 is 1.15 bits per heavy atom. The molecule has 20 heavy (non-hydrogen) atoms. The van der Waals surface area contributed by atoms with E-state index in [0.717, 1.165) is 23.5 Å². The van der Waals surface area contributed by atoms with Crippen LogP contribution in [-0.2, 0) is 12.4 Å². The number of anilines is 1. The summed E-state index contributed by atoms with van der Waals surface area (Å²) in [6.07, 6.45) is 0. The molecule has 0 spiro atoms. The number of hydrogen-bond acceptors (Lipinski definition) is 2. The average Bonchev–Trinajstić information content (AvgIpc) is 2.48. The number of rotatable bonds is 6. The molecule has 0 unspecified atom stereocenters. The van der Waals surface area contributed by atoms with Crippen LogP contribution in [0.2, 0.25) is 0 Å². The van der Waals surface area contributed by atoms with Crippen molar-refractivity contribution >= 4 is 39.9 Å². The van der Waals surface area contributed by atoms with Crippen molar-refractivity contribution in [2.45, 2.75) is 19.3 Å². The number of halogens is 2. The molecule has 0 aromatic heterocycles. The molecule has 0 saturated heterocycles. The van der Waals surface area contributed by atoms with Crippen LogP contribution in [0.3, 0.4) is 0 Å². The van der Waals surface area contributed by atoms with Crippen LogP contribution in [0.15, 0.2) is 42.5 Å². The molecule has 1 N–H and O–H groups in total. The summed E-state index contributed by atoms with van der Waals surface area (Å²) in [5.41, 5.74) is 3.33. The second kappa shape index (κ2) is 7.74. The van der Waals surface area contributed by atoms with Crippen LogP contribution in [0.4, 0.5) is 5.69 Å². The van der Waals surface area contributed by atoms with Gasteiger partial charge in [-0.25, -0.2) is 0 Å². The van der Waals surface area contributed by atoms with Crippen LogP contribution in [-0.4, -0.2) is 6.61 Å². The van der Waals surface area contributed by atoms with Crippen molar-refractivity contribution in [2.75, 3.05) is 11.9 Å². The lowest BCUT2D eigenvalue weighted by atomic mass is 10.2. The third kappa shape index (κ3) is 4.28. The molecule has 106 valence electrons. The molecule has 0 amide bonds. The fourth-order valence-corrected chi connectivity index (χ4v) is 2.46. The summed E-state index contributed by atoms with van der Waals surface area (Å²) in [6.45, 7) is 3.42. The van der Waals surface area contributed by atoms with Crippen molar-refractivity contribution < 1.29 is 4.74 Å². The molecule has 0 fully saturated rings. The number of alkyl halides is 1. The molecular weight excluding hydrogens is 385 g/mol. The fourth-order valence-electron chi connectivity index (χ4n) is 1.90. The molecule has 2 rings (SSSR count). The van der Waals surface area contributed by atoms with Gasteiger partial charge in [-0.3, -0.25) is 0 Å². The van der Waals surface area contributed by atoms with Gasteiger partial charge in [-0.05, 0) is 65.4 Å². The predicted molar refractivity (Wildman–Crippen MR) is 93.7 cm³/mol. The first kappa shape index (κ1) is 15.4. The highest BCUT2D eigenvalue weighted by atomic mass is 127. The lowest BCUT2D eigenvalue weighted by Gasteiger charge is -2.12. The molecule has 0 bridgehead atoms. The lowest BCUT2D eigenvalue weighted by molar-refractivity contribution is 0.337. The normalized spacial score (nSPS) is 10.3. The van der Waals surface area contributed by atoms with Gasteiger partial charge in [0.2, 0.25) is 0 Å². The molecule has 0 heterocycles. The van der Waals surface area contributed by atoms with Gasteiger partial charge in [-0.2, -0.15) is 0 Å². The highest BCUT2D eigenvalue weighted by molar-refractivity contribution is 14.1.